The van der Waals surface area contributed by atoms with Gasteiger partial charge < -0.3 is 15.0 Å². The minimum atomic E-state index is 0.187. The van der Waals surface area contributed by atoms with E-state index in [0.717, 1.165) is 37.5 Å². The van der Waals surface area contributed by atoms with Crippen LogP contribution in [0.4, 0.5) is 0 Å². The molecule has 4 nitrogen and oxygen atoms in total. The van der Waals surface area contributed by atoms with Crippen molar-refractivity contribution in [1.82, 2.24) is 10.2 Å². The van der Waals surface area contributed by atoms with E-state index in [1.807, 2.05) is 24.0 Å². The highest BCUT2D eigenvalue weighted by atomic mass is 16.5. The van der Waals surface area contributed by atoms with Gasteiger partial charge in [-0.25, -0.2) is 0 Å². The first-order valence-corrected chi connectivity index (χ1v) is 6.86. The molecule has 1 aliphatic heterocycles. The molecule has 0 spiro atoms. The van der Waals surface area contributed by atoms with Gasteiger partial charge in [-0.3, -0.25) is 4.79 Å². The van der Waals surface area contributed by atoms with Crippen LogP contribution in [0.3, 0.4) is 0 Å². The summed E-state index contributed by atoms with van der Waals surface area (Å²) in [4.78, 5) is 13.9. The Balaban J connectivity index is 1.79. The van der Waals surface area contributed by atoms with Crippen molar-refractivity contribution in [2.45, 2.75) is 20.3 Å². The van der Waals surface area contributed by atoms with Crippen LogP contribution < -0.4 is 10.1 Å². The van der Waals surface area contributed by atoms with Gasteiger partial charge in [-0.05, 0) is 31.0 Å². The number of rotatable bonds is 4. The lowest BCUT2D eigenvalue weighted by Crippen LogP contribution is -2.46. The van der Waals surface area contributed by atoms with Crippen molar-refractivity contribution in [2.24, 2.45) is 0 Å². The van der Waals surface area contributed by atoms with Crippen LogP contribution in [0.2, 0.25) is 0 Å². The van der Waals surface area contributed by atoms with Crippen LogP contribution in [0.15, 0.2) is 18.2 Å². The average molecular weight is 262 g/mol. The molecule has 0 unspecified atom stereocenters. The summed E-state index contributed by atoms with van der Waals surface area (Å²) in [5.41, 5.74) is 2.36. The van der Waals surface area contributed by atoms with E-state index < -0.39 is 0 Å². The molecule has 0 atom stereocenters. The number of carbonyl (C=O) groups is 1. The second kappa shape index (κ2) is 6.57. The molecule has 0 saturated carbocycles. The maximum atomic E-state index is 12.0. The van der Waals surface area contributed by atoms with Gasteiger partial charge in [0.05, 0.1) is 13.0 Å². The first-order chi connectivity index (χ1) is 9.18. The Bertz CT molecular complexity index is 440. The summed E-state index contributed by atoms with van der Waals surface area (Å²) in [5.74, 6) is 1.07. The van der Waals surface area contributed by atoms with Crippen molar-refractivity contribution < 1.29 is 9.53 Å². The third kappa shape index (κ3) is 3.70. The normalized spacial score (nSPS) is 15.4. The summed E-state index contributed by atoms with van der Waals surface area (Å²) >= 11 is 0. The first kappa shape index (κ1) is 13.9. The highest BCUT2D eigenvalue weighted by Crippen LogP contribution is 2.20. The maximum absolute atomic E-state index is 12.0. The summed E-state index contributed by atoms with van der Waals surface area (Å²) in [6.07, 6.45) is 0.452. The van der Waals surface area contributed by atoms with Gasteiger partial charge in [-0.15, -0.1) is 0 Å². The monoisotopic (exact) mass is 262 g/mol. The quantitative estimate of drug-likeness (QED) is 0.894. The van der Waals surface area contributed by atoms with Crippen molar-refractivity contribution in [3.05, 3.63) is 29.3 Å². The standard InChI is InChI=1S/C15H22N2O2/c1-12-4-3-5-14(13(12)2)19-11-6-15(18)17-9-7-16-8-10-17/h3-5,16H,6-11H2,1-2H3. The summed E-state index contributed by atoms with van der Waals surface area (Å²) < 4.78 is 5.72. The molecule has 0 bridgehead atoms. The summed E-state index contributed by atoms with van der Waals surface area (Å²) in [6.45, 7) is 7.96. The van der Waals surface area contributed by atoms with Crippen molar-refractivity contribution in [2.75, 3.05) is 32.8 Å². The molecule has 19 heavy (non-hydrogen) atoms. The molecule has 4 heteroatoms. The van der Waals surface area contributed by atoms with Crippen LogP contribution in [0, 0.1) is 13.8 Å². The SMILES string of the molecule is Cc1cccc(OCCC(=O)N2CCNCC2)c1C. The zero-order chi connectivity index (χ0) is 13.7. The lowest BCUT2D eigenvalue weighted by Gasteiger charge is -2.27. The maximum Gasteiger partial charge on any atom is 0.226 e. The lowest BCUT2D eigenvalue weighted by atomic mass is 10.1. The van der Waals surface area contributed by atoms with Gasteiger partial charge in [0.25, 0.3) is 0 Å². The fourth-order valence-electron chi connectivity index (χ4n) is 2.20. The van der Waals surface area contributed by atoms with E-state index in [-0.39, 0.29) is 5.91 Å². The molecule has 0 aliphatic carbocycles. The predicted octanol–water partition coefficient (Wildman–Crippen LogP) is 1.50. The average Bonchev–Trinajstić information content (AvgIpc) is 2.44. The lowest BCUT2D eigenvalue weighted by molar-refractivity contribution is -0.132. The predicted molar refractivity (Wildman–Crippen MR) is 75.5 cm³/mol. The molecule has 2 rings (SSSR count). The van der Waals surface area contributed by atoms with Crippen molar-refractivity contribution in [3.63, 3.8) is 0 Å². The van der Waals surface area contributed by atoms with E-state index in [1.165, 1.54) is 5.56 Å². The van der Waals surface area contributed by atoms with Crippen molar-refractivity contribution in [1.29, 1.82) is 0 Å². The fourth-order valence-corrected chi connectivity index (χ4v) is 2.20. The Labute approximate surface area is 114 Å². The van der Waals surface area contributed by atoms with Gasteiger partial charge in [0.15, 0.2) is 0 Å². The van der Waals surface area contributed by atoms with Crippen LogP contribution in [-0.4, -0.2) is 43.6 Å². The number of nitrogens with one attached hydrogen (secondary N) is 1. The van der Waals surface area contributed by atoms with Gasteiger partial charge in [-0.1, -0.05) is 12.1 Å². The van der Waals surface area contributed by atoms with E-state index in [1.54, 1.807) is 0 Å². The van der Waals surface area contributed by atoms with Gasteiger partial charge in [0, 0.05) is 26.2 Å². The minimum Gasteiger partial charge on any atom is -0.493 e. The van der Waals surface area contributed by atoms with E-state index in [2.05, 4.69) is 18.3 Å². The molecule has 1 aromatic carbocycles. The van der Waals surface area contributed by atoms with Crippen LogP contribution >= 0.6 is 0 Å². The molecule has 1 heterocycles. The van der Waals surface area contributed by atoms with Crippen LogP contribution in [-0.2, 0) is 4.79 Å². The minimum absolute atomic E-state index is 0.187. The van der Waals surface area contributed by atoms with E-state index in [0.29, 0.717) is 13.0 Å². The number of carbonyl (C=O) groups excluding carboxylic acids is 1. The third-order valence-electron chi connectivity index (χ3n) is 3.60. The van der Waals surface area contributed by atoms with Crippen LogP contribution in [0.1, 0.15) is 17.5 Å². The topological polar surface area (TPSA) is 41.6 Å². The molecule has 1 fully saturated rings. The molecule has 1 aliphatic rings. The number of aryl methyl sites for hydroxylation is 1. The molecule has 1 N–H and O–H groups in total. The first-order valence-electron chi connectivity index (χ1n) is 6.86. The number of benzene rings is 1. The van der Waals surface area contributed by atoms with Gasteiger partial charge in [0.1, 0.15) is 5.75 Å². The number of amides is 1. The number of nitrogens with zero attached hydrogens (tertiary/aromatic N) is 1. The zero-order valence-corrected chi connectivity index (χ0v) is 11.7. The molecule has 1 saturated heterocycles. The molecule has 104 valence electrons. The van der Waals surface area contributed by atoms with E-state index in [9.17, 15) is 4.79 Å². The highest BCUT2D eigenvalue weighted by molar-refractivity contribution is 5.76. The Hall–Kier alpha value is -1.55. The smallest absolute Gasteiger partial charge is 0.226 e. The number of ether oxygens (including phenoxy) is 1. The van der Waals surface area contributed by atoms with Gasteiger partial charge in [0.2, 0.25) is 5.91 Å². The molecular formula is C15H22N2O2. The molecule has 1 aromatic rings. The Morgan fingerprint density at radius 1 is 1.32 bits per heavy atom. The van der Waals surface area contributed by atoms with E-state index in [4.69, 9.17) is 4.74 Å². The third-order valence-corrected chi connectivity index (χ3v) is 3.60. The van der Waals surface area contributed by atoms with Crippen LogP contribution in [0.25, 0.3) is 0 Å². The second-order valence-corrected chi connectivity index (χ2v) is 4.93. The van der Waals surface area contributed by atoms with Gasteiger partial charge in [-0.2, -0.15) is 0 Å². The Morgan fingerprint density at radius 3 is 2.79 bits per heavy atom. The highest BCUT2D eigenvalue weighted by Gasteiger charge is 2.15. The molecule has 0 radical (unpaired) electrons. The largest absolute Gasteiger partial charge is 0.493 e. The van der Waals surface area contributed by atoms with Crippen molar-refractivity contribution >= 4 is 5.91 Å². The van der Waals surface area contributed by atoms with Crippen molar-refractivity contribution in [3.8, 4) is 5.75 Å². The summed E-state index contributed by atoms with van der Waals surface area (Å²) in [7, 11) is 0. The fraction of sp³-hybridized carbons (Fsp3) is 0.533. The second-order valence-electron chi connectivity index (χ2n) is 4.93. The van der Waals surface area contributed by atoms with E-state index >= 15 is 0 Å². The molecular weight excluding hydrogens is 240 g/mol. The number of hydrogen-bond donors (Lipinski definition) is 1. The zero-order valence-electron chi connectivity index (χ0n) is 11.7. The number of hydrogen-bond acceptors (Lipinski definition) is 3. The number of piperazine rings is 1. The van der Waals surface area contributed by atoms with Crippen LogP contribution in [0.5, 0.6) is 5.75 Å². The summed E-state index contributed by atoms with van der Waals surface area (Å²) in [6, 6.07) is 6.00. The van der Waals surface area contributed by atoms with Gasteiger partial charge >= 0.3 is 0 Å². The Kier molecular flexibility index (Phi) is 4.80. The molecule has 0 aromatic heterocycles. The Morgan fingerprint density at radius 2 is 2.05 bits per heavy atom. The summed E-state index contributed by atoms with van der Waals surface area (Å²) in [5, 5.41) is 3.24. The molecule has 1 amide bonds.